The van der Waals surface area contributed by atoms with Gasteiger partial charge in [-0.3, -0.25) is 0 Å². The van der Waals surface area contributed by atoms with Crippen molar-refractivity contribution in [1.29, 1.82) is 0 Å². The van der Waals surface area contributed by atoms with Gasteiger partial charge in [0.15, 0.2) is 5.82 Å². The van der Waals surface area contributed by atoms with E-state index in [0.29, 0.717) is 6.54 Å². The van der Waals surface area contributed by atoms with E-state index in [1.54, 1.807) is 11.3 Å². The first-order chi connectivity index (χ1) is 8.70. The Morgan fingerprint density at radius 2 is 2.06 bits per heavy atom. The lowest BCUT2D eigenvalue weighted by molar-refractivity contribution is 0.958. The molecule has 18 heavy (non-hydrogen) atoms. The van der Waals surface area contributed by atoms with E-state index in [-0.39, 0.29) is 0 Å². The second-order valence-corrected chi connectivity index (χ2v) is 5.29. The highest BCUT2D eigenvalue weighted by atomic mass is 32.1. The first kappa shape index (κ1) is 11.4. The van der Waals surface area contributed by atoms with Crippen molar-refractivity contribution in [3.63, 3.8) is 0 Å². The number of imidazole rings is 1. The molecule has 0 amide bonds. The fourth-order valence-corrected chi connectivity index (χ4v) is 3.06. The molecule has 2 heterocycles. The molecule has 0 unspecified atom stereocenters. The highest BCUT2D eigenvalue weighted by Crippen LogP contribution is 2.31. The summed E-state index contributed by atoms with van der Waals surface area (Å²) in [6, 6.07) is 8.13. The smallest absolute Gasteiger partial charge is 0.152 e. The van der Waals surface area contributed by atoms with E-state index in [1.807, 2.05) is 32.2 Å². The van der Waals surface area contributed by atoms with Gasteiger partial charge in [0, 0.05) is 13.6 Å². The van der Waals surface area contributed by atoms with E-state index >= 15 is 0 Å². The van der Waals surface area contributed by atoms with Crippen molar-refractivity contribution in [3.05, 3.63) is 35.0 Å². The Morgan fingerprint density at radius 3 is 2.72 bits per heavy atom. The first-order valence-corrected chi connectivity index (χ1v) is 6.60. The van der Waals surface area contributed by atoms with Gasteiger partial charge < -0.3 is 10.3 Å². The zero-order valence-corrected chi connectivity index (χ0v) is 11.2. The molecule has 0 saturated carbocycles. The fourth-order valence-electron chi connectivity index (χ4n) is 2.10. The third-order valence-corrected chi connectivity index (χ3v) is 4.18. The topological polar surface area (TPSA) is 56.7 Å². The van der Waals surface area contributed by atoms with Crippen LogP contribution in [-0.4, -0.2) is 14.5 Å². The van der Waals surface area contributed by atoms with E-state index in [0.717, 1.165) is 32.4 Å². The average molecular weight is 258 g/mol. The monoisotopic (exact) mass is 258 g/mol. The zero-order chi connectivity index (χ0) is 12.7. The Hall–Kier alpha value is -1.72. The third kappa shape index (κ3) is 1.63. The summed E-state index contributed by atoms with van der Waals surface area (Å²) in [7, 11) is 2.03. The molecule has 0 fully saturated rings. The Kier molecular flexibility index (Phi) is 2.65. The molecule has 4 nitrogen and oxygen atoms in total. The van der Waals surface area contributed by atoms with E-state index in [1.165, 1.54) is 0 Å². The van der Waals surface area contributed by atoms with Gasteiger partial charge >= 0.3 is 0 Å². The van der Waals surface area contributed by atoms with Gasteiger partial charge in [-0.25, -0.2) is 9.97 Å². The molecular formula is C13H14N4S. The number of aryl methyl sites for hydroxylation is 2. The van der Waals surface area contributed by atoms with Crippen molar-refractivity contribution < 1.29 is 0 Å². The summed E-state index contributed by atoms with van der Waals surface area (Å²) in [6.07, 6.45) is 0. The van der Waals surface area contributed by atoms with Gasteiger partial charge in [0.1, 0.15) is 5.01 Å². The third-order valence-electron chi connectivity index (χ3n) is 3.01. The van der Waals surface area contributed by atoms with Gasteiger partial charge in [-0.2, -0.15) is 0 Å². The maximum Gasteiger partial charge on any atom is 0.152 e. The number of para-hydroxylation sites is 2. The van der Waals surface area contributed by atoms with Crippen LogP contribution >= 0.6 is 11.3 Å². The molecule has 2 aromatic heterocycles. The second-order valence-electron chi connectivity index (χ2n) is 4.21. The Morgan fingerprint density at radius 1 is 1.28 bits per heavy atom. The standard InChI is InChI=1S/C13H14N4S/c1-8-12(18-11(7-14)15-8)13-16-9-5-3-4-6-10(9)17(13)2/h3-6H,7,14H2,1-2H3. The van der Waals surface area contributed by atoms with Crippen molar-refractivity contribution >= 4 is 22.4 Å². The molecule has 1 aromatic carbocycles. The molecule has 92 valence electrons. The minimum Gasteiger partial charge on any atom is -0.326 e. The molecular weight excluding hydrogens is 244 g/mol. The molecule has 2 N–H and O–H groups in total. The van der Waals surface area contributed by atoms with Gasteiger partial charge in [-0.15, -0.1) is 11.3 Å². The van der Waals surface area contributed by atoms with Gasteiger partial charge in [-0.1, -0.05) is 12.1 Å². The number of fused-ring (bicyclic) bond motifs is 1. The predicted octanol–water partition coefficient (Wildman–Crippen LogP) is 2.46. The highest BCUT2D eigenvalue weighted by molar-refractivity contribution is 7.15. The van der Waals surface area contributed by atoms with Gasteiger partial charge in [0.2, 0.25) is 0 Å². The molecule has 3 aromatic rings. The first-order valence-electron chi connectivity index (χ1n) is 5.79. The second kappa shape index (κ2) is 4.19. The van der Waals surface area contributed by atoms with Crippen LogP contribution in [0.1, 0.15) is 10.7 Å². The van der Waals surface area contributed by atoms with Crippen LogP contribution in [0, 0.1) is 6.92 Å². The predicted molar refractivity (Wildman–Crippen MR) is 74.5 cm³/mol. The number of nitrogens with zero attached hydrogens (tertiary/aromatic N) is 3. The summed E-state index contributed by atoms with van der Waals surface area (Å²) in [5, 5.41) is 0.953. The van der Waals surface area contributed by atoms with Crippen molar-refractivity contribution in [2.24, 2.45) is 12.8 Å². The number of rotatable bonds is 2. The molecule has 0 spiro atoms. The average Bonchev–Trinajstić information content (AvgIpc) is 2.91. The number of hydrogen-bond donors (Lipinski definition) is 1. The van der Waals surface area contributed by atoms with E-state index in [2.05, 4.69) is 20.6 Å². The lowest BCUT2D eigenvalue weighted by Gasteiger charge is -1.99. The number of hydrogen-bond acceptors (Lipinski definition) is 4. The van der Waals surface area contributed by atoms with E-state index in [4.69, 9.17) is 5.73 Å². The van der Waals surface area contributed by atoms with Crippen LogP contribution in [0.2, 0.25) is 0 Å². The van der Waals surface area contributed by atoms with E-state index < -0.39 is 0 Å². The number of thiazole rings is 1. The van der Waals surface area contributed by atoms with Gasteiger partial charge in [0.05, 0.1) is 21.6 Å². The lowest BCUT2D eigenvalue weighted by Crippen LogP contribution is -1.94. The van der Waals surface area contributed by atoms with Crippen LogP contribution in [-0.2, 0) is 13.6 Å². The Balaban J connectivity index is 2.24. The Bertz CT molecular complexity index is 711. The molecule has 5 heteroatoms. The van der Waals surface area contributed by atoms with Crippen LogP contribution in [0.3, 0.4) is 0 Å². The molecule has 0 saturated heterocycles. The maximum atomic E-state index is 5.64. The minimum absolute atomic E-state index is 0.482. The number of benzene rings is 1. The summed E-state index contributed by atoms with van der Waals surface area (Å²) < 4.78 is 2.11. The number of aromatic nitrogens is 3. The molecule has 0 aliphatic heterocycles. The minimum atomic E-state index is 0.482. The van der Waals surface area contributed by atoms with Gasteiger partial charge in [-0.05, 0) is 19.1 Å². The summed E-state index contributed by atoms with van der Waals surface area (Å²) in [6.45, 7) is 2.49. The zero-order valence-electron chi connectivity index (χ0n) is 10.3. The normalized spacial score (nSPS) is 11.3. The summed E-state index contributed by atoms with van der Waals surface area (Å²) >= 11 is 1.62. The van der Waals surface area contributed by atoms with Crippen LogP contribution in [0.15, 0.2) is 24.3 Å². The van der Waals surface area contributed by atoms with Crippen LogP contribution in [0.5, 0.6) is 0 Å². The quantitative estimate of drug-likeness (QED) is 0.768. The van der Waals surface area contributed by atoms with Crippen molar-refractivity contribution in [3.8, 4) is 10.7 Å². The van der Waals surface area contributed by atoms with E-state index in [9.17, 15) is 0 Å². The summed E-state index contributed by atoms with van der Waals surface area (Å²) in [5.74, 6) is 0.964. The molecule has 3 rings (SSSR count). The fraction of sp³-hybridized carbons (Fsp3) is 0.231. The molecule has 0 atom stereocenters. The number of nitrogens with two attached hydrogens (primary N) is 1. The largest absolute Gasteiger partial charge is 0.326 e. The Labute approximate surface area is 109 Å². The summed E-state index contributed by atoms with van der Waals surface area (Å²) in [5.41, 5.74) is 8.79. The molecule has 0 aliphatic carbocycles. The molecule has 0 aliphatic rings. The molecule has 0 bridgehead atoms. The molecule has 0 radical (unpaired) electrons. The van der Waals surface area contributed by atoms with Gasteiger partial charge in [0.25, 0.3) is 0 Å². The SMILES string of the molecule is Cc1nc(CN)sc1-c1nc2ccccc2n1C. The highest BCUT2D eigenvalue weighted by Gasteiger charge is 2.15. The lowest BCUT2D eigenvalue weighted by atomic mass is 10.3. The van der Waals surface area contributed by atoms with Crippen LogP contribution < -0.4 is 5.73 Å². The van der Waals surface area contributed by atoms with Crippen LogP contribution in [0.25, 0.3) is 21.7 Å². The summed E-state index contributed by atoms with van der Waals surface area (Å²) in [4.78, 5) is 10.2. The maximum absolute atomic E-state index is 5.64. The van der Waals surface area contributed by atoms with Crippen LogP contribution in [0.4, 0.5) is 0 Å². The van der Waals surface area contributed by atoms with Crippen molar-refractivity contribution in [2.75, 3.05) is 0 Å². The van der Waals surface area contributed by atoms with Crippen molar-refractivity contribution in [2.45, 2.75) is 13.5 Å². The van der Waals surface area contributed by atoms with Crippen molar-refractivity contribution in [1.82, 2.24) is 14.5 Å².